The molecule has 120 valence electrons. The number of nitrogens with one attached hydrogen (secondary N) is 1. The molecule has 1 N–H and O–H groups in total. The van der Waals surface area contributed by atoms with E-state index in [1.165, 1.54) is 31.2 Å². The van der Waals surface area contributed by atoms with Crippen LogP contribution in [0, 0.1) is 5.82 Å². The van der Waals surface area contributed by atoms with Crippen molar-refractivity contribution in [3.63, 3.8) is 0 Å². The van der Waals surface area contributed by atoms with Gasteiger partial charge in [0.05, 0.1) is 5.92 Å². The zero-order chi connectivity index (χ0) is 16.8. The third-order valence-corrected chi connectivity index (χ3v) is 4.49. The normalized spacial score (nSPS) is 28.3. The number of carbonyl (C=O) groups excluding carboxylic acids is 4. The zero-order valence-electron chi connectivity index (χ0n) is 12.5. The Morgan fingerprint density at radius 3 is 2.43 bits per heavy atom. The number of likely N-dealkylation sites (tertiary alicyclic amines) is 1. The van der Waals surface area contributed by atoms with Crippen molar-refractivity contribution < 1.29 is 23.6 Å². The minimum Gasteiger partial charge on any atom is -0.294 e. The van der Waals surface area contributed by atoms with Crippen LogP contribution in [0.5, 0.6) is 0 Å². The smallest absolute Gasteiger partial charge is 0.252 e. The van der Waals surface area contributed by atoms with E-state index in [1.54, 1.807) is 0 Å². The molecular weight excluding hydrogens is 303 g/mol. The number of hydrogen-bond acceptors (Lipinski definition) is 4. The second kappa shape index (κ2) is 5.26. The van der Waals surface area contributed by atoms with Crippen LogP contribution in [-0.2, 0) is 19.2 Å². The van der Waals surface area contributed by atoms with Crippen molar-refractivity contribution >= 4 is 23.6 Å². The summed E-state index contributed by atoms with van der Waals surface area (Å²) in [5, 5.41) is 2.18. The molecule has 3 rings (SSSR count). The Morgan fingerprint density at radius 2 is 1.83 bits per heavy atom. The van der Waals surface area contributed by atoms with Crippen LogP contribution in [0.25, 0.3) is 0 Å². The van der Waals surface area contributed by atoms with E-state index in [1.807, 2.05) is 0 Å². The Bertz CT molecular complexity index is 715. The van der Waals surface area contributed by atoms with Crippen LogP contribution in [0.3, 0.4) is 0 Å². The second-order valence-corrected chi connectivity index (χ2v) is 6.03. The predicted octanol–water partition coefficient (Wildman–Crippen LogP) is 0.863. The summed E-state index contributed by atoms with van der Waals surface area (Å²) in [4.78, 5) is 49.4. The Morgan fingerprint density at radius 1 is 1.17 bits per heavy atom. The summed E-state index contributed by atoms with van der Waals surface area (Å²) in [6.45, 7) is 1.48. The fourth-order valence-electron chi connectivity index (χ4n) is 3.11. The van der Waals surface area contributed by atoms with Crippen LogP contribution in [0.4, 0.5) is 4.39 Å². The Kier molecular flexibility index (Phi) is 3.50. The average Bonchev–Trinajstić information content (AvgIpc) is 2.80. The van der Waals surface area contributed by atoms with Crippen molar-refractivity contribution in [1.29, 1.82) is 0 Å². The number of imide groups is 2. The molecular formula is C16H15FN2O4. The largest absolute Gasteiger partial charge is 0.294 e. The van der Waals surface area contributed by atoms with Crippen LogP contribution in [0.1, 0.15) is 37.7 Å². The van der Waals surface area contributed by atoms with Crippen molar-refractivity contribution in [2.24, 2.45) is 0 Å². The van der Waals surface area contributed by atoms with Gasteiger partial charge in [0, 0.05) is 12.8 Å². The van der Waals surface area contributed by atoms with E-state index >= 15 is 0 Å². The number of halogens is 1. The summed E-state index contributed by atoms with van der Waals surface area (Å²) in [7, 11) is 0. The van der Waals surface area contributed by atoms with Gasteiger partial charge >= 0.3 is 0 Å². The van der Waals surface area contributed by atoms with Gasteiger partial charge in [-0.3, -0.25) is 29.4 Å². The van der Waals surface area contributed by atoms with Crippen molar-refractivity contribution in [2.75, 3.05) is 0 Å². The third kappa shape index (κ3) is 2.42. The van der Waals surface area contributed by atoms with Gasteiger partial charge < -0.3 is 0 Å². The molecule has 0 bridgehead atoms. The lowest BCUT2D eigenvalue weighted by Gasteiger charge is -2.38. The van der Waals surface area contributed by atoms with E-state index in [4.69, 9.17) is 0 Å². The standard InChI is InChI=1S/C16H15FN2O4/c1-16(7-6-12(20)18-15(16)23)19-13(21)8-11(14(19)22)9-2-4-10(17)5-3-9/h2-5,11H,6-8H2,1H3,(H,18,20,23). The molecule has 0 saturated carbocycles. The van der Waals surface area contributed by atoms with Gasteiger partial charge in [-0.2, -0.15) is 0 Å². The van der Waals surface area contributed by atoms with Crippen LogP contribution in [-0.4, -0.2) is 34.1 Å². The maximum atomic E-state index is 13.0. The lowest BCUT2D eigenvalue weighted by atomic mass is 9.89. The topological polar surface area (TPSA) is 83.6 Å². The fourth-order valence-corrected chi connectivity index (χ4v) is 3.11. The van der Waals surface area contributed by atoms with Crippen molar-refractivity contribution in [1.82, 2.24) is 10.2 Å². The first-order valence-corrected chi connectivity index (χ1v) is 7.29. The number of hydrogen-bond donors (Lipinski definition) is 1. The average molecular weight is 318 g/mol. The molecule has 2 heterocycles. The van der Waals surface area contributed by atoms with E-state index in [2.05, 4.69) is 5.32 Å². The summed E-state index contributed by atoms with van der Waals surface area (Å²) < 4.78 is 13.0. The van der Waals surface area contributed by atoms with Crippen LogP contribution >= 0.6 is 0 Å². The Hall–Kier alpha value is -2.57. The van der Waals surface area contributed by atoms with Crippen molar-refractivity contribution in [3.05, 3.63) is 35.6 Å². The molecule has 0 aliphatic carbocycles. The third-order valence-electron chi connectivity index (χ3n) is 4.49. The van der Waals surface area contributed by atoms with E-state index in [0.29, 0.717) is 5.56 Å². The maximum absolute atomic E-state index is 13.0. The maximum Gasteiger partial charge on any atom is 0.252 e. The second-order valence-electron chi connectivity index (χ2n) is 6.03. The highest BCUT2D eigenvalue weighted by Crippen LogP contribution is 2.37. The van der Waals surface area contributed by atoms with Crippen LogP contribution < -0.4 is 5.32 Å². The summed E-state index contributed by atoms with van der Waals surface area (Å²) in [5.41, 5.74) is -0.834. The summed E-state index contributed by atoms with van der Waals surface area (Å²) in [5.74, 6) is -3.17. The quantitative estimate of drug-likeness (QED) is 0.820. The van der Waals surface area contributed by atoms with Gasteiger partial charge in [-0.15, -0.1) is 0 Å². The first-order chi connectivity index (χ1) is 10.8. The van der Waals surface area contributed by atoms with Gasteiger partial charge in [-0.1, -0.05) is 12.1 Å². The number of benzene rings is 1. The minimum absolute atomic E-state index is 0.0682. The molecule has 2 aliphatic heterocycles. The highest BCUT2D eigenvalue weighted by molar-refractivity contribution is 6.13. The van der Waals surface area contributed by atoms with Gasteiger partial charge in [0.1, 0.15) is 11.4 Å². The molecule has 2 fully saturated rings. The molecule has 2 aliphatic rings. The molecule has 0 spiro atoms. The van der Waals surface area contributed by atoms with Gasteiger partial charge in [0.2, 0.25) is 17.7 Å². The minimum atomic E-state index is -1.36. The molecule has 2 unspecified atom stereocenters. The summed E-state index contributed by atoms with van der Waals surface area (Å²) in [6.07, 6.45) is 0.104. The lowest BCUT2D eigenvalue weighted by molar-refractivity contribution is -0.157. The molecule has 4 amide bonds. The Labute approximate surface area is 131 Å². The monoisotopic (exact) mass is 318 g/mol. The first kappa shape index (κ1) is 15.3. The number of carbonyl (C=O) groups is 4. The summed E-state index contributed by atoms with van der Waals surface area (Å²) >= 11 is 0. The van der Waals surface area contributed by atoms with Gasteiger partial charge in [0.25, 0.3) is 5.91 Å². The molecule has 1 aromatic carbocycles. The number of rotatable bonds is 2. The first-order valence-electron chi connectivity index (χ1n) is 7.29. The lowest BCUT2D eigenvalue weighted by Crippen LogP contribution is -2.62. The van der Waals surface area contributed by atoms with E-state index in [9.17, 15) is 23.6 Å². The van der Waals surface area contributed by atoms with Crippen molar-refractivity contribution in [2.45, 2.75) is 37.6 Å². The highest BCUT2D eigenvalue weighted by Gasteiger charge is 2.53. The predicted molar refractivity (Wildman–Crippen MR) is 76.4 cm³/mol. The molecule has 0 aromatic heterocycles. The van der Waals surface area contributed by atoms with Crippen molar-refractivity contribution in [3.8, 4) is 0 Å². The Balaban J connectivity index is 1.91. The summed E-state index contributed by atoms with van der Waals surface area (Å²) in [6, 6.07) is 5.37. The SMILES string of the molecule is CC1(N2C(=O)CC(c3ccc(F)cc3)C2=O)CCC(=O)NC1=O. The molecule has 0 radical (unpaired) electrons. The fraction of sp³-hybridized carbons (Fsp3) is 0.375. The highest BCUT2D eigenvalue weighted by atomic mass is 19.1. The van der Waals surface area contributed by atoms with Gasteiger partial charge in [-0.25, -0.2) is 4.39 Å². The van der Waals surface area contributed by atoms with Gasteiger partial charge in [0.15, 0.2) is 0 Å². The zero-order valence-corrected chi connectivity index (χ0v) is 12.5. The molecule has 6 nitrogen and oxygen atoms in total. The molecule has 7 heteroatoms. The van der Waals surface area contributed by atoms with E-state index in [-0.39, 0.29) is 19.3 Å². The van der Waals surface area contributed by atoms with Crippen LogP contribution in [0.15, 0.2) is 24.3 Å². The number of piperidine rings is 1. The van der Waals surface area contributed by atoms with Gasteiger partial charge in [-0.05, 0) is 31.0 Å². The number of amides is 4. The molecule has 23 heavy (non-hydrogen) atoms. The molecule has 2 saturated heterocycles. The molecule has 2 atom stereocenters. The van der Waals surface area contributed by atoms with E-state index < -0.39 is 40.9 Å². The molecule has 1 aromatic rings. The van der Waals surface area contributed by atoms with E-state index in [0.717, 1.165) is 4.90 Å². The van der Waals surface area contributed by atoms with Crippen LogP contribution in [0.2, 0.25) is 0 Å². The number of nitrogens with zero attached hydrogens (tertiary/aromatic N) is 1.